The molecule has 1 N–H and O–H groups in total. The van der Waals surface area contributed by atoms with Gasteiger partial charge in [0.1, 0.15) is 0 Å². The van der Waals surface area contributed by atoms with Gasteiger partial charge in [-0.2, -0.15) is 5.10 Å². The van der Waals surface area contributed by atoms with E-state index in [-0.39, 0.29) is 0 Å². The van der Waals surface area contributed by atoms with Gasteiger partial charge in [-0.1, -0.05) is 25.1 Å². The van der Waals surface area contributed by atoms with Gasteiger partial charge in [-0.15, -0.1) is 0 Å². The van der Waals surface area contributed by atoms with E-state index in [2.05, 4.69) is 52.4 Å². The topological polar surface area (TPSA) is 50.4 Å². The van der Waals surface area contributed by atoms with Crippen LogP contribution in [0.5, 0.6) is 11.5 Å². The first kappa shape index (κ1) is 17.7. The van der Waals surface area contributed by atoms with E-state index in [1.54, 1.807) is 7.11 Å². The Labute approximate surface area is 160 Å². The molecular formula is C22H26N3O2. The van der Waals surface area contributed by atoms with Crippen LogP contribution in [-0.2, 0) is 0 Å². The number of para-hydroxylation sites is 1. The quantitative estimate of drug-likeness (QED) is 0.697. The molecular weight excluding hydrogens is 338 g/mol. The van der Waals surface area contributed by atoms with Crippen molar-refractivity contribution in [2.24, 2.45) is 0 Å². The number of H-pyrrole nitrogens is 1. The molecule has 27 heavy (non-hydrogen) atoms. The number of benzene rings is 2. The Balaban J connectivity index is 1.51. The van der Waals surface area contributed by atoms with Crippen molar-refractivity contribution in [3.63, 3.8) is 0 Å². The Morgan fingerprint density at radius 2 is 2.04 bits per heavy atom. The fourth-order valence-electron chi connectivity index (χ4n) is 3.90. The number of ether oxygens (including phenoxy) is 2. The fourth-order valence-corrected chi connectivity index (χ4v) is 3.90. The molecule has 1 saturated heterocycles. The lowest BCUT2D eigenvalue weighted by atomic mass is 9.91. The number of aromatic amines is 1. The number of fused-ring (bicyclic) bond motifs is 1. The molecule has 1 aromatic heterocycles. The van der Waals surface area contributed by atoms with Crippen molar-refractivity contribution in [2.45, 2.75) is 32.1 Å². The van der Waals surface area contributed by atoms with E-state index in [0.29, 0.717) is 18.3 Å². The largest absolute Gasteiger partial charge is 0.491 e. The molecule has 1 fully saturated rings. The van der Waals surface area contributed by atoms with Gasteiger partial charge in [-0.3, -0.25) is 5.10 Å². The summed E-state index contributed by atoms with van der Waals surface area (Å²) < 4.78 is 11.5. The highest BCUT2D eigenvalue weighted by Crippen LogP contribution is 2.40. The number of nitrogens with zero attached hydrogens (tertiary/aromatic N) is 2. The van der Waals surface area contributed by atoms with Crippen LogP contribution < -0.4 is 14.4 Å². The maximum Gasteiger partial charge on any atom is 0.184 e. The van der Waals surface area contributed by atoms with Crippen LogP contribution in [0.3, 0.4) is 0 Å². The van der Waals surface area contributed by atoms with Crippen LogP contribution in [0, 0.1) is 6.07 Å². The van der Waals surface area contributed by atoms with Crippen LogP contribution >= 0.6 is 0 Å². The van der Waals surface area contributed by atoms with E-state index in [1.807, 2.05) is 12.1 Å². The Morgan fingerprint density at radius 1 is 1.22 bits per heavy atom. The number of hydrogen-bond acceptors (Lipinski definition) is 4. The standard InChI is InChI=1S/C22H26N3O2/c1-3-15-27-20-10-6-9-19(22(20)26-2)25-13-11-16(12-14-25)21-17-7-4-5-8-18(17)23-24-21/h4-9,16H,3,11-15H2,1-2H3,(H,23,24). The summed E-state index contributed by atoms with van der Waals surface area (Å²) >= 11 is 0. The van der Waals surface area contributed by atoms with E-state index in [9.17, 15) is 0 Å². The van der Waals surface area contributed by atoms with E-state index in [4.69, 9.17) is 9.47 Å². The minimum absolute atomic E-state index is 0.481. The summed E-state index contributed by atoms with van der Waals surface area (Å²) in [5.41, 5.74) is 3.41. The summed E-state index contributed by atoms with van der Waals surface area (Å²) in [6.45, 7) is 4.71. The van der Waals surface area contributed by atoms with Crippen LogP contribution in [-0.4, -0.2) is 37.0 Å². The van der Waals surface area contributed by atoms with Gasteiger partial charge in [0.15, 0.2) is 11.5 Å². The first-order chi connectivity index (χ1) is 13.3. The molecule has 141 valence electrons. The molecule has 0 amide bonds. The van der Waals surface area contributed by atoms with Gasteiger partial charge in [-0.25, -0.2) is 0 Å². The van der Waals surface area contributed by atoms with Crippen molar-refractivity contribution in [3.8, 4) is 11.5 Å². The van der Waals surface area contributed by atoms with E-state index < -0.39 is 0 Å². The smallest absolute Gasteiger partial charge is 0.184 e. The number of methoxy groups -OCH3 is 1. The fraction of sp³-hybridized carbons (Fsp3) is 0.409. The Bertz CT molecular complexity index is 897. The van der Waals surface area contributed by atoms with Gasteiger partial charge in [0.25, 0.3) is 0 Å². The molecule has 0 aliphatic carbocycles. The second-order valence-electron chi connectivity index (χ2n) is 6.99. The van der Waals surface area contributed by atoms with Crippen LogP contribution in [0.2, 0.25) is 0 Å². The highest BCUT2D eigenvalue weighted by molar-refractivity contribution is 5.81. The lowest BCUT2D eigenvalue weighted by Crippen LogP contribution is -2.33. The second-order valence-corrected chi connectivity index (χ2v) is 6.99. The van der Waals surface area contributed by atoms with Crippen LogP contribution in [0.15, 0.2) is 36.4 Å². The molecule has 2 heterocycles. The number of rotatable bonds is 6. The van der Waals surface area contributed by atoms with Crippen molar-refractivity contribution < 1.29 is 9.47 Å². The third-order valence-electron chi connectivity index (χ3n) is 5.27. The molecule has 0 bridgehead atoms. The predicted molar refractivity (Wildman–Crippen MR) is 108 cm³/mol. The highest BCUT2D eigenvalue weighted by atomic mass is 16.5. The van der Waals surface area contributed by atoms with Crippen molar-refractivity contribution in [1.82, 2.24) is 10.2 Å². The number of aromatic nitrogens is 2. The highest BCUT2D eigenvalue weighted by Gasteiger charge is 2.26. The zero-order chi connectivity index (χ0) is 18.6. The minimum Gasteiger partial charge on any atom is -0.491 e. The number of nitrogens with one attached hydrogen (secondary N) is 1. The first-order valence-corrected chi connectivity index (χ1v) is 9.71. The maximum absolute atomic E-state index is 5.82. The van der Waals surface area contributed by atoms with Gasteiger partial charge in [-0.05, 0) is 37.5 Å². The molecule has 0 unspecified atom stereocenters. The Kier molecular flexibility index (Phi) is 5.19. The van der Waals surface area contributed by atoms with Gasteiger partial charge < -0.3 is 14.4 Å². The predicted octanol–water partition coefficient (Wildman–Crippen LogP) is 4.54. The molecule has 5 heteroatoms. The summed E-state index contributed by atoms with van der Waals surface area (Å²) in [5.74, 6) is 1.97. The van der Waals surface area contributed by atoms with Crippen molar-refractivity contribution in [3.05, 3.63) is 48.2 Å². The zero-order valence-electron chi connectivity index (χ0n) is 16.0. The second kappa shape index (κ2) is 7.91. The molecule has 3 aromatic rings. The summed E-state index contributed by atoms with van der Waals surface area (Å²) in [4.78, 5) is 2.39. The molecule has 4 rings (SSSR count). The van der Waals surface area contributed by atoms with Crippen molar-refractivity contribution in [1.29, 1.82) is 0 Å². The van der Waals surface area contributed by atoms with Gasteiger partial charge >= 0.3 is 0 Å². The average molecular weight is 364 g/mol. The third-order valence-corrected chi connectivity index (χ3v) is 5.27. The summed E-state index contributed by atoms with van der Waals surface area (Å²) in [6.07, 6.45) is 3.10. The lowest BCUT2D eigenvalue weighted by Gasteiger charge is -2.34. The average Bonchev–Trinajstić information content (AvgIpc) is 3.16. The summed E-state index contributed by atoms with van der Waals surface area (Å²) in [7, 11) is 1.70. The summed E-state index contributed by atoms with van der Waals surface area (Å²) in [6, 6.07) is 15.5. The number of anilines is 1. The Morgan fingerprint density at radius 3 is 2.81 bits per heavy atom. The van der Waals surface area contributed by atoms with Crippen LogP contribution in [0.4, 0.5) is 5.69 Å². The maximum atomic E-state index is 5.82. The zero-order valence-corrected chi connectivity index (χ0v) is 16.0. The number of piperidine rings is 1. The number of hydrogen-bond donors (Lipinski definition) is 1. The molecule has 2 aromatic carbocycles. The molecule has 0 spiro atoms. The third kappa shape index (κ3) is 3.46. The molecule has 5 nitrogen and oxygen atoms in total. The van der Waals surface area contributed by atoms with Gasteiger partial charge in [0.05, 0.1) is 30.6 Å². The molecule has 0 atom stereocenters. The summed E-state index contributed by atoms with van der Waals surface area (Å²) in [5, 5.41) is 9.02. The first-order valence-electron chi connectivity index (χ1n) is 9.71. The molecule has 0 saturated carbocycles. The van der Waals surface area contributed by atoms with E-state index in [0.717, 1.165) is 49.3 Å². The molecule has 1 aliphatic rings. The van der Waals surface area contributed by atoms with E-state index in [1.165, 1.54) is 11.1 Å². The van der Waals surface area contributed by atoms with Crippen LogP contribution in [0.1, 0.15) is 37.8 Å². The van der Waals surface area contributed by atoms with Crippen LogP contribution in [0.25, 0.3) is 10.9 Å². The van der Waals surface area contributed by atoms with Crippen molar-refractivity contribution in [2.75, 3.05) is 31.7 Å². The monoisotopic (exact) mass is 364 g/mol. The van der Waals surface area contributed by atoms with Gasteiger partial charge in [0.2, 0.25) is 0 Å². The SMILES string of the molecule is CCCOc1[c]ccc(N2CCC(c3n[nH]c4ccccc34)CC2)c1OC. The molecule has 1 radical (unpaired) electrons. The minimum atomic E-state index is 0.481. The van der Waals surface area contributed by atoms with E-state index >= 15 is 0 Å². The molecule has 1 aliphatic heterocycles. The lowest BCUT2D eigenvalue weighted by molar-refractivity contribution is 0.293. The van der Waals surface area contributed by atoms with Gasteiger partial charge in [0, 0.05) is 30.5 Å². The normalized spacial score (nSPS) is 15.3. The Hall–Kier alpha value is -2.69. The van der Waals surface area contributed by atoms with Crippen molar-refractivity contribution >= 4 is 16.6 Å².